The molecule has 1 amide bonds. The molecule has 1 saturated carbocycles. The van der Waals surface area contributed by atoms with Gasteiger partial charge in [0, 0.05) is 30.0 Å². The second-order valence-corrected chi connectivity index (χ2v) is 8.19. The van der Waals surface area contributed by atoms with Gasteiger partial charge in [-0.05, 0) is 68.7 Å². The Morgan fingerprint density at radius 1 is 1.19 bits per heavy atom. The molecule has 26 heavy (non-hydrogen) atoms. The van der Waals surface area contributed by atoms with Crippen LogP contribution < -0.4 is 10.6 Å². The number of benzene rings is 1. The molecule has 142 valence electrons. The number of carbonyl (C=O) groups excluding carboxylic acids is 1. The van der Waals surface area contributed by atoms with Crippen LogP contribution in [0.5, 0.6) is 0 Å². The van der Waals surface area contributed by atoms with Crippen LogP contribution in [0.3, 0.4) is 0 Å². The standard InChI is InChI=1S/C21H30N2O3/c1-21(12-13-22-14-21)17-7-5-16(6-8-17)20(26)23-18-9-2-15(3-10-18)4-11-19(24)25/h5-8,15,18,22H,2-4,9-14H2,1H3,(H,23,26)(H,24,25). The van der Waals surface area contributed by atoms with Gasteiger partial charge >= 0.3 is 5.97 Å². The van der Waals surface area contributed by atoms with Crippen LogP contribution in [0.25, 0.3) is 0 Å². The Morgan fingerprint density at radius 3 is 2.46 bits per heavy atom. The Labute approximate surface area is 155 Å². The summed E-state index contributed by atoms with van der Waals surface area (Å²) in [5, 5.41) is 15.3. The number of carboxylic acid groups (broad SMARTS) is 1. The fraction of sp³-hybridized carbons (Fsp3) is 0.619. The molecule has 3 rings (SSSR count). The van der Waals surface area contributed by atoms with E-state index < -0.39 is 5.97 Å². The maximum atomic E-state index is 12.5. The van der Waals surface area contributed by atoms with Gasteiger partial charge in [0.05, 0.1) is 0 Å². The van der Waals surface area contributed by atoms with E-state index in [1.165, 1.54) is 5.56 Å². The van der Waals surface area contributed by atoms with E-state index in [1.54, 1.807) is 0 Å². The molecule has 2 aliphatic rings. The molecule has 1 heterocycles. The first-order valence-corrected chi connectivity index (χ1v) is 9.80. The predicted octanol–water partition coefficient (Wildman–Crippen LogP) is 3.09. The van der Waals surface area contributed by atoms with Gasteiger partial charge in [0.25, 0.3) is 5.91 Å². The zero-order chi connectivity index (χ0) is 18.6. The smallest absolute Gasteiger partial charge is 0.303 e. The first kappa shape index (κ1) is 18.9. The van der Waals surface area contributed by atoms with Crippen LogP contribution in [-0.2, 0) is 10.2 Å². The molecule has 0 aromatic heterocycles. The van der Waals surface area contributed by atoms with Crippen LogP contribution in [0.2, 0.25) is 0 Å². The van der Waals surface area contributed by atoms with Gasteiger partial charge in [-0.3, -0.25) is 9.59 Å². The van der Waals surface area contributed by atoms with Gasteiger partial charge in [-0.15, -0.1) is 0 Å². The van der Waals surface area contributed by atoms with Crippen molar-refractivity contribution in [2.75, 3.05) is 13.1 Å². The summed E-state index contributed by atoms with van der Waals surface area (Å²) in [6, 6.07) is 8.26. The zero-order valence-corrected chi connectivity index (χ0v) is 15.6. The molecule has 1 aliphatic carbocycles. The Kier molecular flexibility index (Phi) is 5.97. The fourth-order valence-electron chi connectivity index (χ4n) is 4.28. The first-order valence-electron chi connectivity index (χ1n) is 9.80. The van der Waals surface area contributed by atoms with Crippen LogP contribution in [-0.4, -0.2) is 36.1 Å². The van der Waals surface area contributed by atoms with Gasteiger partial charge in [0.15, 0.2) is 0 Å². The summed E-state index contributed by atoms with van der Waals surface area (Å²) in [5.41, 5.74) is 2.18. The molecule has 1 unspecified atom stereocenters. The Balaban J connectivity index is 1.49. The second-order valence-electron chi connectivity index (χ2n) is 8.19. The summed E-state index contributed by atoms with van der Waals surface area (Å²) in [7, 11) is 0. The quantitative estimate of drug-likeness (QED) is 0.730. The van der Waals surface area contributed by atoms with E-state index in [4.69, 9.17) is 5.11 Å². The number of aliphatic carboxylic acids is 1. The molecule has 1 saturated heterocycles. The van der Waals surface area contributed by atoms with Crippen LogP contribution in [0.4, 0.5) is 0 Å². The minimum atomic E-state index is -0.717. The Morgan fingerprint density at radius 2 is 1.88 bits per heavy atom. The third kappa shape index (κ3) is 4.64. The van der Waals surface area contributed by atoms with Crippen molar-refractivity contribution in [2.45, 2.75) is 63.3 Å². The second kappa shape index (κ2) is 8.21. The molecule has 0 bridgehead atoms. The van der Waals surface area contributed by atoms with Crippen molar-refractivity contribution in [3.05, 3.63) is 35.4 Å². The number of carbonyl (C=O) groups is 2. The van der Waals surface area contributed by atoms with E-state index in [0.29, 0.717) is 5.92 Å². The third-order valence-corrected chi connectivity index (χ3v) is 6.16. The SMILES string of the molecule is CC1(c2ccc(C(=O)NC3CCC(CCC(=O)O)CC3)cc2)CCNC1. The largest absolute Gasteiger partial charge is 0.481 e. The highest BCUT2D eigenvalue weighted by molar-refractivity contribution is 5.94. The van der Waals surface area contributed by atoms with Crippen LogP contribution >= 0.6 is 0 Å². The van der Waals surface area contributed by atoms with Crippen molar-refractivity contribution >= 4 is 11.9 Å². The van der Waals surface area contributed by atoms with Gasteiger partial charge in [-0.2, -0.15) is 0 Å². The van der Waals surface area contributed by atoms with Crippen molar-refractivity contribution in [1.29, 1.82) is 0 Å². The van der Waals surface area contributed by atoms with E-state index in [0.717, 1.165) is 57.2 Å². The molecule has 5 nitrogen and oxygen atoms in total. The van der Waals surface area contributed by atoms with Crippen LogP contribution in [0.15, 0.2) is 24.3 Å². The van der Waals surface area contributed by atoms with E-state index in [9.17, 15) is 9.59 Å². The maximum Gasteiger partial charge on any atom is 0.303 e. The lowest BCUT2D eigenvalue weighted by Gasteiger charge is -2.29. The van der Waals surface area contributed by atoms with Crippen LogP contribution in [0.1, 0.15) is 67.8 Å². The molecule has 1 aromatic carbocycles. The fourth-order valence-corrected chi connectivity index (χ4v) is 4.28. The summed E-state index contributed by atoms with van der Waals surface area (Å²) in [6.45, 7) is 4.31. The number of amides is 1. The van der Waals surface area contributed by atoms with Crippen molar-refractivity contribution < 1.29 is 14.7 Å². The topological polar surface area (TPSA) is 78.4 Å². The van der Waals surface area contributed by atoms with Gasteiger partial charge in [-0.25, -0.2) is 0 Å². The zero-order valence-electron chi connectivity index (χ0n) is 15.6. The minimum absolute atomic E-state index is 0.000218. The third-order valence-electron chi connectivity index (χ3n) is 6.16. The number of hydrogen-bond donors (Lipinski definition) is 3. The van der Waals surface area contributed by atoms with Gasteiger partial charge in [0.2, 0.25) is 0 Å². The molecule has 1 aromatic rings. The predicted molar refractivity (Wildman–Crippen MR) is 101 cm³/mol. The van der Waals surface area contributed by atoms with E-state index in [1.807, 2.05) is 12.1 Å². The van der Waals surface area contributed by atoms with E-state index >= 15 is 0 Å². The average molecular weight is 358 g/mol. The van der Waals surface area contributed by atoms with Crippen molar-refractivity contribution in [3.63, 3.8) is 0 Å². The lowest BCUT2D eigenvalue weighted by atomic mass is 9.81. The molecular formula is C21H30N2O3. The van der Waals surface area contributed by atoms with Crippen LogP contribution in [0, 0.1) is 5.92 Å². The Bertz CT molecular complexity index is 627. The molecule has 0 radical (unpaired) electrons. The molecule has 1 atom stereocenters. The highest BCUT2D eigenvalue weighted by atomic mass is 16.4. The molecule has 2 fully saturated rings. The Hall–Kier alpha value is -1.88. The number of hydrogen-bond acceptors (Lipinski definition) is 3. The first-order chi connectivity index (χ1) is 12.5. The monoisotopic (exact) mass is 358 g/mol. The summed E-state index contributed by atoms with van der Waals surface area (Å²) in [5.74, 6) is -0.231. The highest BCUT2D eigenvalue weighted by Gasteiger charge is 2.30. The van der Waals surface area contributed by atoms with Crippen molar-refractivity contribution in [3.8, 4) is 0 Å². The van der Waals surface area contributed by atoms with Crippen molar-refractivity contribution in [2.24, 2.45) is 5.92 Å². The highest BCUT2D eigenvalue weighted by Crippen LogP contribution is 2.30. The lowest BCUT2D eigenvalue weighted by Crippen LogP contribution is -2.37. The van der Waals surface area contributed by atoms with Gasteiger partial charge < -0.3 is 15.7 Å². The van der Waals surface area contributed by atoms with Gasteiger partial charge in [-0.1, -0.05) is 19.1 Å². The minimum Gasteiger partial charge on any atom is -0.481 e. The number of nitrogens with one attached hydrogen (secondary N) is 2. The lowest BCUT2D eigenvalue weighted by molar-refractivity contribution is -0.137. The van der Waals surface area contributed by atoms with E-state index in [2.05, 4.69) is 29.7 Å². The average Bonchev–Trinajstić information content (AvgIpc) is 3.09. The number of carboxylic acids is 1. The van der Waals surface area contributed by atoms with Crippen molar-refractivity contribution in [1.82, 2.24) is 10.6 Å². The molecule has 1 aliphatic heterocycles. The summed E-state index contributed by atoms with van der Waals surface area (Å²) in [6.07, 6.45) is 6.03. The molecule has 0 spiro atoms. The summed E-state index contributed by atoms with van der Waals surface area (Å²) < 4.78 is 0. The molecule has 3 N–H and O–H groups in total. The normalized spacial score (nSPS) is 28.7. The maximum absolute atomic E-state index is 12.5. The molecular weight excluding hydrogens is 328 g/mol. The summed E-state index contributed by atoms with van der Waals surface area (Å²) in [4.78, 5) is 23.2. The number of rotatable bonds is 6. The molecule has 5 heteroatoms. The summed E-state index contributed by atoms with van der Waals surface area (Å²) >= 11 is 0. The van der Waals surface area contributed by atoms with E-state index in [-0.39, 0.29) is 23.8 Å². The van der Waals surface area contributed by atoms with Gasteiger partial charge in [0.1, 0.15) is 0 Å².